The Morgan fingerprint density at radius 1 is 1.41 bits per heavy atom. The standard InChI is InChI=1S/C14H14F3N3OS/c1-8-2-3-9(14(15,16)17)6-10(8)20-13(21)11-7-22-12(19-11)4-5-18/h2-3,6-7H,4-5,18H2,1H3,(H,20,21). The van der Waals surface area contributed by atoms with Crippen LogP contribution in [0.25, 0.3) is 0 Å². The lowest BCUT2D eigenvalue weighted by Gasteiger charge is -2.12. The first-order chi connectivity index (χ1) is 10.3. The highest BCUT2D eigenvalue weighted by atomic mass is 32.1. The molecule has 0 aliphatic carbocycles. The summed E-state index contributed by atoms with van der Waals surface area (Å²) in [6, 6.07) is 3.22. The van der Waals surface area contributed by atoms with E-state index in [1.54, 1.807) is 12.3 Å². The van der Waals surface area contributed by atoms with Gasteiger partial charge in [-0.05, 0) is 31.2 Å². The molecule has 1 aromatic carbocycles. The maximum absolute atomic E-state index is 12.7. The molecule has 0 unspecified atom stereocenters. The second-order valence-corrected chi connectivity index (χ2v) is 5.59. The SMILES string of the molecule is Cc1ccc(C(F)(F)F)cc1NC(=O)c1csc(CCN)n1. The fourth-order valence-electron chi connectivity index (χ4n) is 1.77. The second kappa shape index (κ2) is 6.45. The topological polar surface area (TPSA) is 68.0 Å². The third kappa shape index (κ3) is 3.83. The van der Waals surface area contributed by atoms with E-state index in [1.165, 1.54) is 17.4 Å². The lowest BCUT2D eigenvalue weighted by Crippen LogP contribution is -2.15. The Bertz CT molecular complexity index is 682. The predicted octanol–water partition coefficient (Wildman–Crippen LogP) is 3.22. The molecule has 8 heteroatoms. The number of aromatic nitrogens is 1. The minimum atomic E-state index is -4.46. The summed E-state index contributed by atoms with van der Waals surface area (Å²) >= 11 is 1.29. The monoisotopic (exact) mass is 329 g/mol. The number of amides is 1. The van der Waals surface area contributed by atoms with Gasteiger partial charge in [-0.2, -0.15) is 13.2 Å². The number of hydrogen-bond acceptors (Lipinski definition) is 4. The molecular weight excluding hydrogens is 315 g/mol. The largest absolute Gasteiger partial charge is 0.416 e. The average molecular weight is 329 g/mol. The third-order valence-corrected chi connectivity index (χ3v) is 3.86. The predicted molar refractivity (Wildman–Crippen MR) is 79.0 cm³/mol. The summed E-state index contributed by atoms with van der Waals surface area (Å²) in [5, 5.41) is 4.74. The molecule has 2 aromatic rings. The molecule has 0 saturated carbocycles. The molecule has 0 bridgehead atoms. The summed E-state index contributed by atoms with van der Waals surface area (Å²) in [6.07, 6.45) is -3.90. The van der Waals surface area contributed by atoms with E-state index in [-0.39, 0.29) is 11.4 Å². The van der Waals surface area contributed by atoms with E-state index < -0.39 is 17.6 Å². The van der Waals surface area contributed by atoms with Gasteiger partial charge in [0.25, 0.3) is 5.91 Å². The number of nitrogens with one attached hydrogen (secondary N) is 1. The molecule has 1 amide bonds. The van der Waals surface area contributed by atoms with Crippen LogP contribution in [0.3, 0.4) is 0 Å². The highest BCUT2D eigenvalue weighted by molar-refractivity contribution is 7.09. The Balaban J connectivity index is 2.20. The lowest BCUT2D eigenvalue weighted by atomic mass is 10.1. The van der Waals surface area contributed by atoms with Crippen LogP contribution >= 0.6 is 11.3 Å². The van der Waals surface area contributed by atoms with Crippen molar-refractivity contribution < 1.29 is 18.0 Å². The van der Waals surface area contributed by atoms with Gasteiger partial charge in [-0.1, -0.05) is 6.07 Å². The number of nitrogens with two attached hydrogens (primary N) is 1. The van der Waals surface area contributed by atoms with Crippen molar-refractivity contribution in [3.8, 4) is 0 Å². The second-order valence-electron chi connectivity index (χ2n) is 4.65. The number of hydrogen-bond donors (Lipinski definition) is 2. The van der Waals surface area contributed by atoms with E-state index in [4.69, 9.17) is 5.73 Å². The molecule has 0 spiro atoms. The summed E-state index contributed by atoms with van der Waals surface area (Å²) < 4.78 is 38.1. The van der Waals surface area contributed by atoms with Crippen molar-refractivity contribution in [1.82, 2.24) is 4.98 Å². The normalized spacial score (nSPS) is 11.5. The first-order valence-electron chi connectivity index (χ1n) is 6.45. The van der Waals surface area contributed by atoms with Gasteiger partial charge in [0, 0.05) is 17.5 Å². The van der Waals surface area contributed by atoms with E-state index in [0.29, 0.717) is 23.5 Å². The van der Waals surface area contributed by atoms with Crippen LogP contribution in [0.15, 0.2) is 23.6 Å². The van der Waals surface area contributed by atoms with E-state index >= 15 is 0 Å². The number of rotatable bonds is 4. The quantitative estimate of drug-likeness (QED) is 0.905. The summed E-state index contributed by atoms with van der Waals surface area (Å²) in [4.78, 5) is 16.2. The van der Waals surface area contributed by atoms with Crippen molar-refractivity contribution >= 4 is 22.9 Å². The molecule has 3 N–H and O–H groups in total. The smallest absolute Gasteiger partial charge is 0.330 e. The minimum Gasteiger partial charge on any atom is -0.330 e. The maximum atomic E-state index is 12.7. The first-order valence-corrected chi connectivity index (χ1v) is 7.33. The van der Waals surface area contributed by atoms with Crippen LogP contribution in [0.5, 0.6) is 0 Å². The molecule has 0 aliphatic heterocycles. The summed E-state index contributed by atoms with van der Waals surface area (Å²) in [5.74, 6) is -0.540. The number of anilines is 1. The van der Waals surface area contributed by atoms with Gasteiger partial charge in [0.05, 0.1) is 10.6 Å². The van der Waals surface area contributed by atoms with Crippen molar-refractivity contribution in [2.45, 2.75) is 19.5 Å². The van der Waals surface area contributed by atoms with E-state index in [9.17, 15) is 18.0 Å². The number of carbonyl (C=O) groups is 1. The van der Waals surface area contributed by atoms with Gasteiger partial charge < -0.3 is 11.1 Å². The molecule has 1 aromatic heterocycles. The number of halogens is 3. The van der Waals surface area contributed by atoms with Crippen LogP contribution in [-0.2, 0) is 12.6 Å². The third-order valence-electron chi connectivity index (χ3n) is 2.96. The van der Waals surface area contributed by atoms with E-state index in [2.05, 4.69) is 10.3 Å². The van der Waals surface area contributed by atoms with Crippen molar-refractivity contribution in [1.29, 1.82) is 0 Å². The zero-order valence-electron chi connectivity index (χ0n) is 11.7. The van der Waals surface area contributed by atoms with Crippen LogP contribution < -0.4 is 11.1 Å². The van der Waals surface area contributed by atoms with Crippen LogP contribution in [0.4, 0.5) is 18.9 Å². The zero-order valence-corrected chi connectivity index (χ0v) is 12.5. The van der Waals surface area contributed by atoms with Crippen LogP contribution in [0, 0.1) is 6.92 Å². The number of alkyl halides is 3. The van der Waals surface area contributed by atoms with E-state index in [0.717, 1.165) is 12.1 Å². The van der Waals surface area contributed by atoms with Gasteiger partial charge in [0.2, 0.25) is 0 Å². The summed E-state index contributed by atoms with van der Waals surface area (Å²) in [7, 11) is 0. The fraction of sp³-hybridized carbons (Fsp3) is 0.286. The number of carbonyl (C=O) groups excluding carboxylic acids is 1. The van der Waals surface area contributed by atoms with Gasteiger partial charge in [-0.25, -0.2) is 4.98 Å². The zero-order chi connectivity index (χ0) is 16.3. The first kappa shape index (κ1) is 16.4. The molecular formula is C14H14F3N3OS. The van der Waals surface area contributed by atoms with E-state index in [1.807, 2.05) is 0 Å². The van der Waals surface area contributed by atoms with Gasteiger partial charge in [-0.3, -0.25) is 4.79 Å². The Morgan fingerprint density at radius 3 is 2.77 bits per heavy atom. The number of aryl methyl sites for hydroxylation is 1. The van der Waals surface area contributed by atoms with Crippen molar-refractivity contribution in [2.75, 3.05) is 11.9 Å². The van der Waals surface area contributed by atoms with Crippen LogP contribution in [0.1, 0.15) is 26.6 Å². The maximum Gasteiger partial charge on any atom is 0.416 e. The van der Waals surface area contributed by atoms with Crippen LogP contribution in [0.2, 0.25) is 0 Å². The van der Waals surface area contributed by atoms with Gasteiger partial charge in [0.15, 0.2) is 0 Å². The number of nitrogens with zero attached hydrogens (tertiary/aromatic N) is 1. The molecule has 22 heavy (non-hydrogen) atoms. The van der Waals surface area contributed by atoms with Gasteiger partial charge in [-0.15, -0.1) is 11.3 Å². The van der Waals surface area contributed by atoms with Crippen molar-refractivity contribution in [3.63, 3.8) is 0 Å². The molecule has 0 saturated heterocycles. The lowest BCUT2D eigenvalue weighted by molar-refractivity contribution is -0.137. The van der Waals surface area contributed by atoms with Crippen molar-refractivity contribution in [3.05, 3.63) is 45.4 Å². The molecule has 4 nitrogen and oxygen atoms in total. The number of benzene rings is 1. The molecule has 2 rings (SSSR count). The van der Waals surface area contributed by atoms with Crippen molar-refractivity contribution in [2.24, 2.45) is 5.73 Å². The number of thiazole rings is 1. The molecule has 1 heterocycles. The van der Waals surface area contributed by atoms with Crippen LogP contribution in [-0.4, -0.2) is 17.4 Å². The molecule has 0 atom stereocenters. The Labute approximate surface area is 129 Å². The summed E-state index contributed by atoms with van der Waals surface area (Å²) in [5.41, 5.74) is 5.43. The Morgan fingerprint density at radius 2 is 2.14 bits per heavy atom. The van der Waals surface area contributed by atoms with Gasteiger partial charge >= 0.3 is 6.18 Å². The highest BCUT2D eigenvalue weighted by Gasteiger charge is 2.31. The average Bonchev–Trinajstić information content (AvgIpc) is 2.89. The Hall–Kier alpha value is -1.93. The van der Waals surface area contributed by atoms with Gasteiger partial charge in [0.1, 0.15) is 5.69 Å². The molecule has 118 valence electrons. The highest BCUT2D eigenvalue weighted by Crippen LogP contribution is 2.32. The molecule has 0 radical (unpaired) electrons. The molecule has 0 aliphatic rings. The molecule has 0 fully saturated rings. The summed E-state index contributed by atoms with van der Waals surface area (Å²) in [6.45, 7) is 2.04. The fourth-order valence-corrected chi connectivity index (χ4v) is 2.57. The minimum absolute atomic E-state index is 0.119. The Kier molecular flexibility index (Phi) is 4.82.